The van der Waals surface area contributed by atoms with E-state index in [4.69, 9.17) is 4.74 Å². The van der Waals surface area contributed by atoms with E-state index in [1.807, 2.05) is 24.3 Å². The van der Waals surface area contributed by atoms with Gasteiger partial charge < -0.3 is 15.4 Å². The Labute approximate surface area is 207 Å². The van der Waals surface area contributed by atoms with Crippen LogP contribution in [0.4, 0.5) is 10.7 Å². The number of methoxy groups -OCH3 is 1. The molecular weight excluding hydrogens is 446 g/mol. The first-order valence-electron chi connectivity index (χ1n) is 12.4. The molecule has 184 valence electrons. The van der Waals surface area contributed by atoms with Gasteiger partial charge in [0.15, 0.2) is 0 Å². The highest BCUT2D eigenvalue weighted by molar-refractivity contribution is 7.17. The van der Waals surface area contributed by atoms with Crippen LogP contribution in [0.3, 0.4) is 0 Å². The molecule has 34 heavy (non-hydrogen) atoms. The summed E-state index contributed by atoms with van der Waals surface area (Å²) in [5, 5.41) is 6.82. The number of benzene rings is 1. The fourth-order valence-electron chi connectivity index (χ4n) is 5.07. The lowest BCUT2D eigenvalue weighted by atomic mass is 9.72. The SMILES string of the molecule is COc1ccccc1NC(=O)c1c(NC(=O)CN2CCCCC2)sc2c1CCC(C(C)(C)C)C2. The van der Waals surface area contributed by atoms with Crippen LogP contribution < -0.4 is 15.4 Å². The zero-order chi connectivity index (χ0) is 24.3. The first kappa shape index (κ1) is 24.7. The number of rotatable bonds is 6. The van der Waals surface area contributed by atoms with E-state index in [-0.39, 0.29) is 17.2 Å². The van der Waals surface area contributed by atoms with E-state index in [9.17, 15) is 9.59 Å². The standard InChI is InChI=1S/C27H37N3O3S/c1-27(2,3)18-12-13-19-22(16-18)34-26(29-23(31)17-30-14-8-5-9-15-30)24(19)25(32)28-20-10-6-7-11-21(20)33-4/h6-7,10-11,18H,5,8-9,12-17H2,1-4H3,(H,28,32)(H,29,31). The first-order valence-corrected chi connectivity index (χ1v) is 13.2. The lowest BCUT2D eigenvalue weighted by molar-refractivity contribution is -0.117. The van der Waals surface area contributed by atoms with Crippen LogP contribution in [0.5, 0.6) is 5.75 Å². The van der Waals surface area contributed by atoms with Gasteiger partial charge in [-0.05, 0) is 74.2 Å². The maximum atomic E-state index is 13.6. The maximum Gasteiger partial charge on any atom is 0.259 e. The molecule has 1 unspecified atom stereocenters. The third-order valence-corrected chi connectivity index (χ3v) is 8.31. The molecule has 1 aliphatic carbocycles. The molecule has 0 spiro atoms. The molecule has 1 saturated heterocycles. The average Bonchev–Trinajstić information content (AvgIpc) is 3.16. The Kier molecular flexibility index (Phi) is 7.63. The van der Waals surface area contributed by atoms with E-state index in [0.29, 0.717) is 34.5 Å². The minimum absolute atomic E-state index is 0.0424. The van der Waals surface area contributed by atoms with Crippen LogP contribution in [0.15, 0.2) is 24.3 Å². The van der Waals surface area contributed by atoms with Gasteiger partial charge in [-0.25, -0.2) is 0 Å². The molecule has 7 heteroatoms. The lowest BCUT2D eigenvalue weighted by Gasteiger charge is -2.33. The van der Waals surface area contributed by atoms with Crippen LogP contribution in [-0.4, -0.2) is 43.5 Å². The molecule has 2 aliphatic rings. The number of ether oxygens (including phenoxy) is 1. The molecule has 6 nitrogen and oxygen atoms in total. The second-order valence-electron chi connectivity index (χ2n) is 10.6. The molecule has 0 saturated carbocycles. The maximum absolute atomic E-state index is 13.6. The highest BCUT2D eigenvalue weighted by atomic mass is 32.1. The zero-order valence-corrected chi connectivity index (χ0v) is 21.6. The quantitative estimate of drug-likeness (QED) is 0.562. The Morgan fingerprint density at radius 1 is 1.12 bits per heavy atom. The Bertz CT molecular complexity index is 1030. The summed E-state index contributed by atoms with van der Waals surface area (Å²) >= 11 is 1.58. The molecule has 1 aromatic heterocycles. The van der Waals surface area contributed by atoms with Crippen molar-refractivity contribution in [2.45, 2.75) is 59.3 Å². The van der Waals surface area contributed by atoms with Gasteiger partial charge in [0.25, 0.3) is 5.91 Å². The van der Waals surface area contributed by atoms with Crippen molar-refractivity contribution in [3.63, 3.8) is 0 Å². The molecule has 0 bridgehead atoms. The summed E-state index contributed by atoms with van der Waals surface area (Å²) in [6.07, 6.45) is 6.36. The number of anilines is 2. The van der Waals surface area contributed by atoms with Gasteiger partial charge in [-0.15, -0.1) is 11.3 Å². The number of likely N-dealkylation sites (tertiary alicyclic amines) is 1. The number of hydrogen-bond donors (Lipinski definition) is 2. The van der Waals surface area contributed by atoms with Gasteiger partial charge in [0.05, 0.1) is 24.9 Å². The zero-order valence-electron chi connectivity index (χ0n) is 20.8. The third kappa shape index (κ3) is 5.63. The van der Waals surface area contributed by atoms with Gasteiger partial charge in [-0.1, -0.05) is 39.3 Å². The van der Waals surface area contributed by atoms with Crippen molar-refractivity contribution >= 4 is 33.8 Å². The Morgan fingerprint density at radius 3 is 2.56 bits per heavy atom. The van der Waals surface area contributed by atoms with Crippen LogP contribution >= 0.6 is 11.3 Å². The summed E-state index contributed by atoms with van der Waals surface area (Å²) in [5.41, 5.74) is 2.54. The van der Waals surface area contributed by atoms with Crippen LogP contribution in [0.25, 0.3) is 0 Å². The van der Waals surface area contributed by atoms with E-state index >= 15 is 0 Å². The number of nitrogens with zero attached hydrogens (tertiary/aromatic N) is 1. The van der Waals surface area contributed by atoms with Gasteiger partial charge in [0, 0.05) is 4.88 Å². The van der Waals surface area contributed by atoms with E-state index in [1.54, 1.807) is 18.4 Å². The molecule has 1 aromatic carbocycles. The van der Waals surface area contributed by atoms with Gasteiger partial charge in [0.1, 0.15) is 10.8 Å². The number of para-hydroxylation sites is 2. The predicted molar refractivity (Wildman–Crippen MR) is 139 cm³/mol. The summed E-state index contributed by atoms with van der Waals surface area (Å²) in [4.78, 5) is 29.9. The monoisotopic (exact) mass is 483 g/mol. The second kappa shape index (κ2) is 10.5. The minimum Gasteiger partial charge on any atom is -0.495 e. The summed E-state index contributed by atoms with van der Waals surface area (Å²) in [5.74, 6) is 0.938. The fraction of sp³-hybridized carbons (Fsp3) is 0.556. The largest absolute Gasteiger partial charge is 0.495 e. The molecule has 4 rings (SSSR count). The second-order valence-corrected chi connectivity index (χ2v) is 11.7. The van der Waals surface area contributed by atoms with Crippen LogP contribution in [0.1, 0.15) is 67.3 Å². The smallest absolute Gasteiger partial charge is 0.259 e. The Morgan fingerprint density at radius 2 is 1.85 bits per heavy atom. The van der Waals surface area contributed by atoms with E-state index in [0.717, 1.165) is 50.8 Å². The molecule has 1 atom stereocenters. The van der Waals surface area contributed by atoms with E-state index < -0.39 is 0 Å². The molecule has 0 radical (unpaired) electrons. The summed E-state index contributed by atoms with van der Waals surface area (Å²) in [6.45, 7) is 9.15. The fourth-order valence-corrected chi connectivity index (χ4v) is 6.41. The number of thiophene rings is 1. The van der Waals surface area contributed by atoms with Crippen LogP contribution in [0, 0.1) is 11.3 Å². The minimum atomic E-state index is -0.190. The number of piperidine rings is 1. The van der Waals surface area contributed by atoms with Gasteiger partial charge >= 0.3 is 0 Å². The number of hydrogen-bond acceptors (Lipinski definition) is 5. The van der Waals surface area contributed by atoms with Crippen molar-refractivity contribution in [3.8, 4) is 5.75 Å². The van der Waals surface area contributed by atoms with Crippen LogP contribution in [-0.2, 0) is 17.6 Å². The van der Waals surface area contributed by atoms with Crippen molar-refractivity contribution in [2.75, 3.05) is 37.4 Å². The van der Waals surface area contributed by atoms with Crippen molar-refractivity contribution in [1.82, 2.24) is 4.90 Å². The van der Waals surface area contributed by atoms with E-state index in [2.05, 4.69) is 36.3 Å². The molecule has 1 fully saturated rings. The molecular formula is C27H37N3O3S. The molecule has 2 N–H and O–H groups in total. The topological polar surface area (TPSA) is 70.7 Å². The van der Waals surface area contributed by atoms with Crippen molar-refractivity contribution < 1.29 is 14.3 Å². The van der Waals surface area contributed by atoms with Crippen LogP contribution in [0.2, 0.25) is 0 Å². The van der Waals surface area contributed by atoms with Crippen molar-refractivity contribution in [3.05, 3.63) is 40.3 Å². The average molecular weight is 484 g/mol. The highest BCUT2D eigenvalue weighted by Crippen LogP contribution is 2.44. The molecule has 1 aliphatic heterocycles. The van der Waals surface area contributed by atoms with E-state index in [1.165, 1.54) is 11.3 Å². The molecule has 2 heterocycles. The van der Waals surface area contributed by atoms with Crippen molar-refractivity contribution in [2.24, 2.45) is 11.3 Å². The number of nitrogens with one attached hydrogen (secondary N) is 2. The van der Waals surface area contributed by atoms with Gasteiger partial charge in [0.2, 0.25) is 5.91 Å². The third-order valence-electron chi connectivity index (χ3n) is 7.14. The van der Waals surface area contributed by atoms with Crippen molar-refractivity contribution in [1.29, 1.82) is 0 Å². The van der Waals surface area contributed by atoms with Gasteiger partial charge in [-0.3, -0.25) is 14.5 Å². The number of amides is 2. The predicted octanol–water partition coefficient (Wildman–Crippen LogP) is 5.58. The number of carbonyl (C=O) groups excluding carboxylic acids is 2. The number of fused-ring (bicyclic) bond motifs is 1. The highest BCUT2D eigenvalue weighted by Gasteiger charge is 2.34. The summed E-state index contributed by atoms with van der Waals surface area (Å²) < 4.78 is 5.42. The Hall–Kier alpha value is -2.38. The molecule has 2 amide bonds. The Balaban J connectivity index is 1.61. The van der Waals surface area contributed by atoms with Gasteiger partial charge in [-0.2, -0.15) is 0 Å². The number of carbonyl (C=O) groups is 2. The lowest BCUT2D eigenvalue weighted by Crippen LogP contribution is -2.37. The molecule has 2 aromatic rings. The normalized spacial score (nSPS) is 18.8. The summed E-state index contributed by atoms with van der Waals surface area (Å²) in [7, 11) is 1.59. The first-order chi connectivity index (χ1) is 16.3. The summed E-state index contributed by atoms with van der Waals surface area (Å²) in [6, 6.07) is 7.41.